The van der Waals surface area contributed by atoms with Gasteiger partial charge in [-0.2, -0.15) is 0 Å². The van der Waals surface area contributed by atoms with Gasteiger partial charge in [-0.15, -0.1) is 0 Å². The molecule has 130 valence electrons. The van der Waals surface area contributed by atoms with Crippen LogP contribution in [0.25, 0.3) is 0 Å². The summed E-state index contributed by atoms with van der Waals surface area (Å²) in [4.78, 5) is 0.912. The first kappa shape index (κ1) is 18.8. The fourth-order valence-electron chi connectivity index (χ4n) is 2.56. The summed E-state index contributed by atoms with van der Waals surface area (Å²) in [6.07, 6.45) is 1.20. The highest BCUT2D eigenvalue weighted by Gasteiger charge is 2.42. The maximum absolute atomic E-state index is 12.6. The molecule has 1 aromatic rings. The first-order valence-electron chi connectivity index (χ1n) is 8.46. The standard InChI is InChI=1S/C18H31NO2SSi/c1-14-7-9-15(10-8-14)22(20)13-16-17(11-12-19-16)21-23(5,6)18(2,3)4/h7-10,16-17,19H,11-13H2,1-6H3/t16-,17+,22?/m0/s1. The van der Waals surface area contributed by atoms with Crippen molar-refractivity contribution in [1.29, 1.82) is 0 Å². The van der Waals surface area contributed by atoms with Crippen molar-refractivity contribution in [2.24, 2.45) is 0 Å². The van der Waals surface area contributed by atoms with Gasteiger partial charge < -0.3 is 9.74 Å². The zero-order valence-corrected chi connectivity index (χ0v) is 17.1. The van der Waals surface area contributed by atoms with Crippen LogP contribution in [0, 0.1) is 6.92 Å². The zero-order valence-electron chi connectivity index (χ0n) is 15.3. The lowest BCUT2D eigenvalue weighted by Crippen LogP contribution is -2.48. The lowest BCUT2D eigenvalue weighted by Gasteiger charge is -2.39. The minimum atomic E-state index is -1.79. The molecule has 0 spiro atoms. The first-order chi connectivity index (χ1) is 10.6. The summed E-state index contributed by atoms with van der Waals surface area (Å²) >= 11 is 0. The van der Waals surface area contributed by atoms with Crippen molar-refractivity contribution in [2.45, 2.75) is 69.3 Å². The monoisotopic (exact) mass is 353 g/mol. The summed E-state index contributed by atoms with van der Waals surface area (Å²) < 4.78 is 19.2. The van der Waals surface area contributed by atoms with E-state index in [4.69, 9.17) is 4.43 Å². The second-order valence-corrected chi connectivity index (χ2v) is 14.3. The first-order valence-corrected chi connectivity index (χ1v) is 12.7. The highest BCUT2D eigenvalue weighted by molar-refractivity contribution is 7.85. The van der Waals surface area contributed by atoms with Gasteiger partial charge in [-0.1, -0.05) is 38.5 Å². The van der Waals surface area contributed by atoms with Gasteiger partial charge in [-0.05, 0) is 50.2 Å². The molecule has 23 heavy (non-hydrogen) atoms. The molecule has 1 unspecified atom stereocenters. The number of hydrogen-bond donors (Lipinski definition) is 1. The van der Waals surface area contributed by atoms with Crippen LogP contribution in [0.5, 0.6) is 0 Å². The Morgan fingerprint density at radius 2 is 1.87 bits per heavy atom. The molecule has 1 aliphatic rings. The van der Waals surface area contributed by atoms with E-state index >= 15 is 0 Å². The third-order valence-electron chi connectivity index (χ3n) is 5.15. The Bertz CT molecular complexity index is 551. The third-order valence-corrected chi connectivity index (χ3v) is 11.1. The fraction of sp³-hybridized carbons (Fsp3) is 0.667. The van der Waals surface area contributed by atoms with E-state index in [-0.39, 0.29) is 17.2 Å². The van der Waals surface area contributed by atoms with Crippen LogP contribution in [-0.4, -0.2) is 37.0 Å². The van der Waals surface area contributed by atoms with Gasteiger partial charge in [0.25, 0.3) is 0 Å². The second kappa shape index (κ2) is 7.17. The molecule has 0 amide bonds. The summed E-state index contributed by atoms with van der Waals surface area (Å²) in [7, 11) is -2.77. The van der Waals surface area contributed by atoms with Gasteiger partial charge >= 0.3 is 0 Å². The minimum Gasteiger partial charge on any atom is -0.412 e. The van der Waals surface area contributed by atoms with Crippen LogP contribution in [0.3, 0.4) is 0 Å². The average molecular weight is 354 g/mol. The normalized spacial score (nSPS) is 23.9. The molecule has 0 saturated carbocycles. The van der Waals surface area contributed by atoms with Crippen molar-refractivity contribution in [3.05, 3.63) is 29.8 Å². The topological polar surface area (TPSA) is 38.3 Å². The minimum absolute atomic E-state index is 0.185. The van der Waals surface area contributed by atoms with Crippen LogP contribution in [0.1, 0.15) is 32.8 Å². The Kier molecular flexibility index (Phi) is 5.88. The Hall–Kier alpha value is -0.493. The van der Waals surface area contributed by atoms with Gasteiger partial charge in [-0.25, -0.2) is 0 Å². The predicted molar refractivity (Wildman–Crippen MR) is 101 cm³/mol. The third kappa shape index (κ3) is 4.75. The molecule has 1 heterocycles. The van der Waals surface area contributed by atoms with E-state index in [0.717, 1.165) is 17.9 Å². The van der Waals surface area contributed by atoms with Gasteiger partial charge in [0.2, 0.25) is 0 Å². The highest BCUT2D eigenvalue weighted by atomic mass is 32.2. The van der Waals surface area contributed by atoms with Gasteiger partial charge in [0.1, 0.15) is 0 Å². The molecule has 0 radical (unpaired) electrons. The lowest BCUT2D eigenvalue weighted by molar-refractivity contribution is 0.173. The molecule has 1 fully saturated rings. The number of benzene rings is 1. The SMILES string of the molecule is Cc1ccc(S(=O)C[C@@H]2NCC[C@H]2O[Si](C)(C)C(C)(C)C)cc1. The molecule has 3 atom stereocenters. The molecular weight excluding hydrogens is 322 g/mol. The molecule has 0 aromatic heterocycles. The van der Waals surface area contributed by atoms with Crippen LogP contribution in [-0.2, 0) is 15.2 Å². The number of aryl methyl sites for hydroxylation is 1. The van der Waals surface area contributed by atoms with Crippen molar-refractivity contribution in [1.82, 2.24) is 5.32 Å². The van der Waals surface area contributed by atoms with Crippen LogP contribution in [0.15, 0.2) is 29.2 Å². The molecule has 1 aliphatic heterocycles. The van der Waals surface area contributed by atoms with Crippen LogP contribution >= 0.6 is 0 Å². The Balaban J connectivity index is 2.02. The maximum atomic E-state index is 12.6. The van der Waals surface area contributed by atoms with Crippen molar-refractivity contribution in [2.75, 3.05) is 12.3 Å². The number of hydrogen-bond acceptors (Lipinski definition) is 3. The Labute approximate surface area is 144 Å². The molecular formula is C18H31NO2SSi. The van der Waals surface area contributed by atoms with E-state index in [1.807, 2.05) is 31.2 Å². The quantitative estimate of drug-likeness (QED) is 0.817. The van der Waals surface area contributed by atoms with E-state index in [2.05, 4.69) is 39.2 Å². The summed E-state index contributed by atoms with van der Waals surface area (Å²) in [5.41, 5.74) is 1.20. The van der Waals surface area contributed by atoms with Gasteiger partial charge in [-0.3, -0.25) is 4.21 Å². The summed E-state index contributed by atoms with van der Waals surface area (Å²) in [5, 5.41) is 3.70. The van der Waals surface area contributed by atoms with E-state index in [0.29, 0.717) is 5.75 Å². The molecule has 3 nitrogen and oxygen atoms in total. The molecule has 2 rings (SSSR count). The van der Waals surface area contributed by atoms with Crippen LogP contribution in [0.4, 0.5) is 0 Å². The molecule has 0 bridgehead atoms. The number of nitrogens with one attached hydrogen (secondary N) is 1. The molecule has 1 aromatic carbocycles. The van der Waals surface area contributed by atoms with Crippen molar-refractivity contribution in [3.63, 3.8) is 0 Å². The Morgan fingerprint density at radius 3 is 2.43 bits per heavy atom. The van der Waals surface area contributed by atoms with Gasteiger partial charge in [0.05, 0.1) is 16.9 Å². The number of rotatable bonds is 5. The van der Waals surface area contributed by atoms with Crippen molar-refractivity contribution < 1.29 is 8.63 Å². The van der Waals surface area contributed by atoms with Crippen LogP contribution < -0.4 is 5.32 Å². The Morgan fingerprint density at radius 1 is 1.26 bits per heavy atom. The molecule has 1 saturated heterocycles. The fourth-order valence-corrected chi connectivity index (χ4v) is 5.24. The van der Waals surface area contributed by atoms with Crippen molar-refractivity contribution >= 4 is 19.1 Å². The smallest absolute Gasteiger partial charge is 0.192 e. The van der Waals surface area contributed by atoms with Gasteiger partial charge in [0, 0.05) is 16.7 Å². The molecule has 1 N–H and O–H groups in total. The largest absolute Gasteiger partial charge is 0.412 e. The van der Waals surface area contributed by atoms with E-state index < -0.39 is 19.1 Å². The summed E-state index contributed by atoms with van der Waals surface area (Å²) in [6.45, 7) is 14.4. The van der Waals surface area contributed by atoms with Crippen LogP contribution in [0.2, 0.25) is 18.1 Å². The average Bonchev–Trinajstić information content (AvgIpc) is 2.84. The summed E-state index contributed by atoms with van der Waals surface area (Å²) in [5.74, 6) is 0.627. The van der Waals surface area contributed by atoms with E-state index in [9.17, 15) is 4.21 Å². The zero-order chi connectivity index (χ0) is 17.3. The lowest BCUT2D eigenvalue weighted by atomic mass is 10.2. The van der Waals surface area contributed by atoms with E-state index in [1.54, 1.807) is 0 Å². The predicted octanol–water partition coefficient (Wildman–Crippen LogP) is 3.85. The molecule has 0 aliphatic carbocycles. The molecule has 5 heteroatoms. The highest BCUT2D eigenvalue weighted by Crippen LogP contribution is 2.38. The van der Waals surface area contributed by atoms with Crippen molar-refractivity contribution in [3.8, 4) is 0 Å². The van der Waals surface area contributed by atoms with E-state index in [1.165, 1.54) is 5.56 Å². The second-order valence-electron chi connectivity index (χ2n) is 8.09. The summed E-state index contributed by atoms with van der Waals surface area (Å²) in [6, 6.07) is 8.19. The van der Waals surface area contributed by atoms with Gasteiger partial charge in [0.15, 0.2) is 8.32 Å². The maximum Gasteiger partial charge on any atom is 0.192 e.